The van der Waals surface area contributed by atoms with E-state index in [2.05, 4.69) is 39.8 Å². The summed E-state index contributed by atoms with van der Waals surface area (Å²) in [4.78, 5) is 0. The molecule has 20 heavy (non-hydrogen) atoms. The van der Waals surface area contributed by atoms with E-state index in [0.29, 0.717) is 0 Å². The summed E-state index contributed by atoms with van der Waals surface area (Å²) >= 11 is 0. The van der Waals surface area contributed by atoms with Crippen LogP contribution in [-0.4, -0.2) is 6.61 Å². The Morgan fingerprint density at radius 2 is 1.20 bits per heavy atom. The number of rotatable bonds is 3. The lowest BCUT2D eigenvalue weighted by Crippen LogP contribution is -1.93. The highest BCUT2D eigenvalue weighted by Gasteiger charge is 1.86. The maximum absolute atomic E-state index is 5.36. The molecule has 0 saturated heterocycles. The first kappa shape index (κ1) is 18.2. The van der Waals surface area contributed by atoms with Crippen molar-refractivity contribution in [2.24, 2.45) is 0 Å². The number of aryl methyl sites for hydroxylation is 1. The van der Waals surface area contributed by atoms with Crippen molar-refractivity contribution >= 4 is 0 Å². The first-order valence-electron chi connectivity index (χ1n) is 7.44. The number of hydrogen-bond donors (Lipinski definition) is 0. The van der Waals surface area contributed by atoms with Crippen molar-refractivity contribution in [3.8, 4) is 5.75 Å². The maximum atomic E-state index is 5.36. The molecule has 0 aliphatic carbocycles. The van der Waals surface area contributed by atoms with Crippen molar-refractivity contribution in [1.82, 2.24) is 0 Å². The second-order valence-electron chi connectivity index (χ2n) is 4.52. The lowest BCUT2D eigenvalue weighted by Gasteiger charge is -2.01. The van der Waals surface area contributed by atoms with E-state index in [1.807, 2.05) is 48.5 Å². The molecule has 0 heterocycles. The third kappa shape index (κ3) is 11.3. The average molecular weight is 272 g/mol. The quantitative estimate of drug-likeness (QED) is 0.677. The monoisotopic (exact) mass is 272 g/mol. The van der Waals surface area contributed by atoms with Gasteiger partial charge in [-0.15, -0.1) is 0 Å². The molecule has 1 heteroatoms. The van der Waals surface area contributed by atoms with Gasteiger partial charge in [-0.05, 0) is 25.5 Å². The number of ether oxygens (including phenoxy) is 1. The highest BCUT2D eigenvalue weighted by Crippen LogP contribution is 2.07. The van der Waals surface area contributed by atoms with E-state index in [-0.39, 0.29) is 0 Å². The Bertz CT molecular complexity index is 395. The van der Waals surface area contributed by atoms with E-state index in [9.17, 15) is 0 Å². The van der Waals surface area contributed by atoms with Gasteiger partial charge in [0.25, 0.3) is 0 Å². The zero-order valence-corrected chi connectivity index (χ0v) is 13.3. The molecule has 2 rings (SSSR count). The van der Waals surface area contributed by atoms with Crippen molar-refractivity contribution in [3.05, 3.63) is 66.2 Å². The predicted octanol–water partition coefficient (Wildman–Crippen LogP) is 5.89. The van der Waals surface area contributed by atoms with Crippen LogP contribution < -0.4 is 4.74 Å². The molecule has 0 amide bonds. The van der Waals surface area contributed by atoms with Crippen molar-refractivity contribution in [2.75, 3.05) is 6.61 Å². The number of benzene rings is 2. The third-order valence-corrected chi connectivity index (χ3v) is 2.16. The Morgan fingerprint density at radius 1 is 0.750 bits per heavy atom. The molecule has 1 nitrogen and oxygen atoms in total. The van der Waals surface area contributed by atoms with Crippen molar-refractivity contribution < 1.29 is 4.74 Å². The van der Waals surface area contributed by atoms with Gasteiger partial charge in [0.15, 0.2) is 0 Å². The highest BCUT2D eigenvalue weighted by molar-refractivity contribution is 5.20. The summed E-state index contributed by atoms with van der Waals surface area (Å²) < 4.78 is 5.36. The van der Waals surface area contributed by atoms with Gasteiger partial charge in [0, 0.05) is 0 Å². The second-order valence-corrected chi connectivity index (χ2v) is 4.52. The maximum Gasteiger partial charge on any atom is 0.119 e. The zero-order valence-electron chi connectivity index (χ0n) is 13.3. The van der Waals surface area contributed by atoms with Crippen LogP contribution in [0.25, 0.3) is 0 Å². The fourth-order valence-corrected chi connectivity index (χ4v) is 1.27. The van der Waals surface area contributed by atoms with Crippen LogP contribution in [0, 0.1) is 6.92 Å². The summed E-state index contributed by atoms with van der Waals surface area (Å²) in [7, 11) is 0. The first-order valence-corrected chi connectivity index (χ1v) is 7.44. The topological polar surface area (TPSA) is 9.23 Å². The lowest BCUT2D eigenvalue weighted by atomic mass is 10.2. The van der Waals surface area contributed by atoms with Crippen molar-refractivity contribution in [2.45, 2.75) is 40.5 Å². The highest BCUT2D eigenvalue weighted by atomic mass is 16.5. The Kier molecular flexibility index (Phi) is 12.5. The fraction of sp³-hybridized carbons (Fsp3) is 0.368. The Labute approximate surface area is 124 Å². The molecule has 110 valence electrons. The van der Waals surface area contributed by atoms with Crippen LogP contribution in [0.15, 0.2) is 60.7 Å². The van der Waals surface area contributed by atoms with Crippen molar-refractivity contribution in [1.29, 1.82) is 0 Å². The number of para-hydroxylation sites is 1. The molecular formula is C19H28O. The summed E-state index contributed by atoms with van der Waals surface area (Å²) in [5.41, 5.74) is 1.32. The molecule has 0 atom stereocenters. The normalized spacial score (nSPS) is 8.60. The van der Waals surface area contributed by atoms with E-state index >= 15 is 0 Å². The Balaban J connectivity index is 0.000000315. The van der Waals surface area contributed by atoms with Crippen LogP contribution in [0.2, 0.25) is 0 Å². The molecule has 0 radical (unpaired) electrons. The lowest BCUT2D eigenvalue weighted by molar-refractivity contribution is 0.317. The van der Waals surface area contributed by atoms with E-state index in [1.165, 1.54) is 12.0 Å². The molecule has 0 saturated carbocycles. The van der Waals surface area contributed by atoms with E-state index < -0.39 is 0 Å². The average Bonchev–Trinajstić information content (AvgIpc) is 2.48. The first-order chi connectivity index (χ1) is 9.74. The van der Waals surface area contributed by atoms with Crippen LogP contribution in [0.3, 0.4) is 0 Å². The summed E-state index contributed by atoms with van der Waals surface area (Å²) in [5, 5.41) is 0. The molecule has 2 aromatic carbocycles. The van der Waals surface area contributed by atoms with E-state index in [1.54, 1.807) is 0 Å². The minimum Gasteiger partial charge on any atom is -0.494 e. The molecule has 0 aliphatic rings. The molecule has 2 aromatic rings. The van der Waals surface area contributed by atoms with Gasteiger partial charge in [0.2, 0.25) is 0 Å². The second kappa shape index (κ2) is 13.7. The standard InChI is InChI=1S/C9H12O.C7H8.C3H8/c1-2-8-10-9-6-4-3-5-7-9;1-7-5-3-2-4-6-7;1-3-2/h3-7H,2,8H2,1H3;2-6H,1H3;3H2,1-2H3. The van der Waals surface area contributed by atoms with E-state index in [4.69, 9.17) is 4.74 Å². The van der Waals surface area contributed by atoms with Gasteiger partial charge in [-0.3, -0.25) is 0 Å². The smallest absolute Gasteiger partial charge is 0.119 e. The Hall–Kier alpha value is -1.76. The SMILES string of the molecule is CCC.CCCOc1ccccc1.Cc1ccccc1. The van der Waals surface area contributed by atoms with Gasteiger partial charge in [-0.1, -0.05) is 81.3 Å². The zero-order chi connectivity index (χ0) is 15.1. The predicted molar refractivity (Wildman–Crippen MR) is 89.4 cm³/mol. The van der Waals surface area contributed by atoms with Crippen LogP contribution >= 0.6 is 0 Å². The molecular weight excluding hydrogens is 244 g/mol. The van der Waals surface area contributed by atoms with Gasteiger partial charge in [0.05, 0.1) is 6.61 Å². The largest absolute Gasteiger partial charge is 0.494 e. The summed E-state index contributed by atoms with van der Waals surface area (Å²) in [5.74, 6) is 0.962. The van der Waals surface area contributed by atoms with Crippen LogP contribution in [0.4, 0.5) is 0 Å². The molecule has 0 spiro atoms. The minimum atomic E-state index is 0.810. The molecule has 0 aromatic heterocycles. The molecule has 0 N–H and O–H groups in total. The summed E-state index contributed by atoms with van der Waals surface area (Å²) in [6.45, 7) is 9.24. The Morgan fingerprint density at radius 3 is 1.55 bits per heavy atom. The van der Waals surface area contributed by atoms with Gasteiger partial charge in [-0.2, -0.15) is 0 Å². The van der Waals surface area contributed by atoms with Crippen LogP contribution in [-0.2, 0) is 0 Å². The summed E-state index contributed by atoms with van der Waals surface area (Å²) in [6.07, 6.45) is 2.31. The molecule has 0 bridgehead atoms. The number of hydrogen-bond acceptors (Lipinski definition) is 1. The van der Waals surface area contributed by atoms with Gasteiger partial charge in [0.1, 0.15) is 5.75 Å². The fourth-order valence-electron chi connectivity index (χ4n) is 1.27. The van der Waals surface area contributed by atoms with Gasteiger partial charge >= 0.3 is 0 Å². The van der Waals surface area contributed by atoms with Crippen molar-refractivity contribution in [3.63, 3.8) is 0 Å². The summed E-state index contributed by atoms with van der Waals surface area (Å²) in [6, 6.07) is 20.1. The van der Waals surface area contributed by atoms with Gasteiger partial charge in [-0.25, -0.2) is 0 Å². The molecule has 0 fully saturated rings. The van der Waals surface area contributed by atoms with Gasteiger partial charge < -0.3 is 4.74 Å². The molecule has 0 aliphatic heterocycles. The molecule has 0 unspecified atom stereocenters. The van der Waals surface area contributed by atoms with Crippen LogP contribution in [0.1, 0.15) is 39.2 Å². The van der Waals surface area contributed by atoms with Crippen LogP contribution in [0.5, 0.6) is 5.75 Å². The third-order valence-electron chi connectivity index (χ3n) is 2.16. The minimum absolute atomic E-state index is 0.810. The van der Waals surface area contributed by atoms with E-state index in [0.717, 1.165) is 18.8 Å².